The molecule has 0 rings (SSSR count). The molecule has 0 aliphatic rings. The van der Waals surface area contributed by atoms with Gasteiger partial charge in [-0.05, 0) is 18.7 Å². The van der Waals surface area contributed by atoms with Crippen molar-refractivity contribution in [1.82, 2.24) is 0 Å². The van der Waals surface area contributed by atoms with Crippen molar-refractivity contribution in [2.45, 2.75) is 102 Å². The first kappa shape index (κ1) is 48.6. The summed E-state index contributed by atoms with van der Waals surface area (Å²) < 4.78 is 385. The summed E-state index contributed by atoms with van der Waals surface area (Å²) in [4.78, 5) is 0. The first-order chi connectivity index (χ1) is 21.0. The third kappa shape index (κ3) is 6.14. The second-order valence-corrected chi connectivity index (χ2v) is 18.2. The maximum atomic E-state index is 13.9. The molecule has 300 valence electrons. The van der Waals surface area contributed by atoms with Crippen LogP contribution in [0.5, 0.6) is 0 Å². The van der Waals surface area contributed by atoms with Crippen molar-refractivity contribution in [3.8, 4) is 0 Å². The van der Waals surface area contributed by atoms with Gasteiger partial charge in [0.1, 0.15) is 0 Å². The van der Waals surface area contributed by atoms with Crippen molar-refractivity contribution in [2.24, 2.45) is 0 Å². The van der Waals surface area contributed by atoms with Crippen LogP contribution in [0.2, 0.25) is 12.6 Å². The van der Waals surface area contributed by atoms with Gasteiger partial charge in [-0.3, -0.25) is 0 Å². The van der Waals surface area contributed by atoms with Gasteiger partial charge in [0.15, 0.2) is 0 Å². The summed E-state index contributed by atoms with van der Waals surface area (Å²) in [5.41, 5.74) is 0. The SMILES string of the molecule is C=CC(F)(F)C(F)(F)C(F)(F)C(F)(F)C(F)(F)C(F)(F)C(F)(F)C(F)(F)C(F)(F)C(F)(F)C(F)(F)C(F)(F)C(F)(F)C(F)(F)CC[Si](C)(Cl)Cl. The lowest BCUT2D eigenvalue weighted by atomic mass is 9.83. The molecule has 0 aliphatic heterocycles. The highest BCUT2D eigenvalue weighted by atomic mass is 35.7. The third-order valence-corrected chi connectivity index (χ3v) is 8.61. The van der Waals surface area contributed by atoms with Crippen molar-refractivity contribution in [2.75, 3.05) is 0 Å². The van der Waals surface area contributed by atoms with E-state index in [0.29, 0.717) is 6.55 Å². The highest BCUT2D eigenvalue weighted by molar-refractivity contribution is 7.44. The van der Waals surface area contributed by atoms with E-state index < -0.39 is 108 Å². The minimum absolute atomic E-state index is 0.506. The van der Waals surface area contributed by atoms with E-state index in [1.54, 1.807) is 6.58 Å². The topological polar surface area (TPSA) is 0 Å². The van der Waals surface area contributed by atoms with Gasteiger partial charge in [-0.2, -0.15) is 123 Å². The van der Waals surface area contributed by atoms with Crippen LogP contribution in [-0.2, 0) is 0 Å². The molecule has 0 radical (unpaired) electrons. The summed E-state index contributed by atoms with van der Waals surface area (Å²) in [5, 5.41) is 0. The zero-order valence-corrected chi connectivity index (χ0v) is 25.0. The van der Waals surface area contributed by atoms with Crippen LogP contribution < -0.4 is 0 Å². The first-order valence-corrected chi connectivity index (χ1v) is 16.1. The Morgan fingerprint density at radius 1 is 0.380 bits per heavy atom. The van der Waals surface area contributed by atoms with E-state index in [0.717, 1.165) is 0 Å². The van der Waals surface area contributed by atoms with Gasteiger partial charge in [-0.1, -0.05) is 6.58 Å². The Kier molecular flexibility index (Phi) is 12.0. The predicted molar refractivity (Wildman–Crippen MR) is 112 cm³/mol. The van der Waals surface area contributed by atoms with Crippen LogP contribution in [0, 0.1) is 0 Å². The molecule has 0 saturated heterocycles. The fourth-order valence-corrected chi connectivity index (χ4v) is 4.39. The third-order valence-electron chi connectivity index (χ3n) is 6.35. The van der Waals surface area contributed by atoms with Gasteiger partial charge in [0, 0.05) is 6.42 Å². The average Bonchev–Trinajstić information content (AvgIpc) is 2.89. The quantitative estimate of drug-likeness (QED) is 0.0591. The van der Waals surface area contributed by atoms with E-state index in [-0.39, 0.29) is 0 Å². The summed E-state index contributed by atoms with van der Waals surface area (Å²) in [6.45, 7) is -2.12. The van der Waals surface area contributed by atoms with Gasteiger partial charge in [0.2, 0.25) is 6.69 Å². The minimum Gasteiger partial charge on any atom is -0.200 e. The fourth-order valence-electron chi connectivity index (χ4n) is 3.07. The van der Waals surface area contributed by atoms with Crippen LogP contribution in [0.15, 0.2) is 12.7 Å². The molecule has 0 aromatic rings. The molecule has 0 saturated carbocycles. The van der Waals surface area contributed by atoms with E-state index in [2.05, 4.69) is 0 Å². The van der Waals surface area contributed by atoms with E-state index in [4.69, 9.17) is 22.2 Å². The highest BCUT2D eigenvalue weighted by Gasteiger charge is 3.00. The van der Waals surface area contributed by atoms with Crippen LogP contribution >= 0.6 is 22.2 Å². The molecule has 0 heterocycles. The summed E-state index contributed by atoms with van der Waals surface area (Å²) in [5.74, 6) is -126. The van der Waals surface area contributed by atoms with Gasteiger partial charge >= 0.3 is 82.9 Å². The first-order valence-electron chi connectivity index (χ1n) is 11.3. The molecule has 0 atom stereocenters. The van der Waals surface area contributed by atoms with Gasteiger partial charge < -0.3 is 0 Å². The van der Waals surface area contributed by atoms with Crippen LogP contribution in [0.3, 0.4) is 0 Å². The maximum absolute atomic E-state index is 13.9. The van der Waals surface area contributed by atoms with E-state index in [9.17, 15) is 123 Å². The molecule has 0 aromatic heterocycles. The van der Waals surface area contributed by atoms with Crippen LogP contribution in [0.4, 0.5) is 123 Å². The van der Waals surface area contributed by atoms with Crippen molar-refractivity contribution in [3.05, 3.63) is 12.7 Å². The molecule has 0 aromatic carbocycles. The molecule has 50 heavy (non-hydrogen) atoms. The Hall–Kier alpha value is -1.42. The zero-order valence-electron chi connectivity index (χ0n) is 22.5. The lowest BCUT2D eigenvalue weighted by Crippen LogP contribution is -2.79. The highest BCUT2D eigenvalue weighted by Crippen LogP contribution is 2.69. The van der Waals surface area contributed by atoms with Gasteiger partial charge in [-0.15, -0.1) is 22.2 Å². The monoisotopic (exact) mass is 868 g/mol. The lowest BCUT2D eigenvalue weighted by Gasteiger charge is -2.46. The Morgan fingerprint density at radius 2 is 0.560 bits per heavy atom. The van der Waals surface area contributed by atoms with Gasteiger partial charge in [-0.25, -0.2) is 0 Å². The number of rotatable bonds is 17. The normalized spacial score (nSPS) is 16.9. The molecular formula is C19H10Cl2F28Si. The second kappa shape index (κ2) is 12.3. The van der Waals surface area contributed by atoms with Crippen LogP contribution in [-0.4, -0.2) is 89.6 Å². The summed E-state index contributed by atoms with van der Waals surface area (Å²) in [6, 6.07) is -1.80. The van der Waals surface area contributed by atoms with Crippen molar-refractivity contribution >= 4 is 28.9 Å². The summed E-state index contributed by atoms with van der Waals surface area (Å²) >= 11 is 10.3. The Bertz CT molecular complexity index is 1250. The van der Waals surface area contributed by atoms with Crippen LogP contribution in [0.1, 0.15) is 6.42 Å². The smallest absolute Gasteiger partial charge is 0.200 e. The second-order valence-electron chi connectivity index (χ2n) is 9.99. The predicted octanol–water partition coefficient (Wildman–Crippen LogP) is 12.0. The van der Waals surface area contributed by atoms with E-state index >= 15 is 0 Å². The Balaban J connectivity index is 7.52. The molecule has 0 amide bonds. The lowest BCUT2D eigenvalue weighted by molar-refractivity contribution is -0.484. The largest absolute Gasteiger partial charge is 0.385 e. The summed E-state index contributed by atoms with van der Waals surface area (Å²) in [6.07, 6.45) is -4.81. The maximum Gasteiger partial charge on any atom is 0.385 e. The number of halogens is 30. The molecule has 0 fully saturated rings. The molecular weight excluding hydrogens is 859 g/mol. The molecule has 0 unspecified atom stereocenters. The molecule has 0 N–H and O–H groups in total. The Labute approximate surface area is 267 Å². The molecule has 0 nitrogen and oxygen atoms in total. The molecule has 0 spiro atoms. The molecule has 0 bridgehead atoms. The summed E-state index contributed by atoms with van der Waals surface area (Å²) in [7, 11) is 0. The number of hydrogen-bond acceptors (Lipinski definition) is 0. The zero-order chi connectivity index (χ0) is 41.6. The minimum atomic E-state index is -9.86. The van der Waals surface area contributed by atoms with Crippen molar-refractivity contribution in [1.29, 1.82) is 0 Å². The van der Waals surface area contributed by atoms with Crippen molar-refractivity contribution < 1.29 is 123 Å². The molecule has 31 heteroatoms. The van der Waals surface area contributed by atoms with E-state index in [1.165, 1.54) is 0 Å². The van der Waals surface area contributed by atoms with Gasteiger partial charge in [0.05, 0.1) is 0 Å². The molecule has 0 aliphatic carbocycles. The fraction of sp³-hybridized carbons (Fsp3) is 0.895. The van der Waals surface area contributed by atoms with Crippen molar-refractivity contribution in [3.63, 3.8) is 0 Å². The Morgan fingerprint density at radius 3 is 0.740 bits per heavy atom. The van der Waals surface area contributed by atoms with Gasteiger partial charge in [0.25, 0.3) is 0 Å². The number of alkyl halides is 28. The van der Waals surface area contributed by atoms with Crippen LogP contribution in [0.25, 0.3) is 0 Å². The number of hydrogen-bond donors (Lipinski definition) is 0. The standard InChI is InChI=1S/C19H10Cl2F28Si/c1-3-6(22,23)8(26,27)10(30,31)12(34,35)14(38,39)16(42,43)18(46,47)19(48,49)17(44,45)15(40,41)13(36,37)11(32,33)9(28,29)7(24,25)4-5-50(2,20)21/h3H,1,4-5H2,2H3. The number of allylic oxidation sites excluding steroid dienone is 1. The average molecular weight is 869 g/mol. The van der Waals surface area contributed by atoms with E-state index in [1.807, 2.05) is 0 Å².